The Hall–Kier alpha value is -4.16. The highest BCUT2D eigenvalue weighted by Gasteiger charge is 2.16. The van der Waals surface area contributed by atoms with Gasteiger partial charge < -0.3 is 20.9 Å². The topological polar surface area (TPSA) is 85.0 Å². The van der Waals surface area contributed by atoms with Crippen LogP contribution in [0.25, 0.3) is 17.0 Å². The van der Waals surface area contributed by atoms with Crippen molar-refractivity contribution in [2.75, 3.05) is 13.1 Å². The molecular formula is C35H45N5O. The molecule has 0 radical (unpaired) electrons. The molecule has 1 heterocycles. The summed E-state index contributed by atoms with van der Waals surface area (Å²) < 4.78 is 2.13. The maximum absolute atomic E-state index is 12.6. The van der Waals surface area contributed by atoms with Crippen molar-refractivity contribution in [1.82, 2.24) is 20.2 Å². The Morgan fingerprint density at radius 3 is 2.27 bits per heavy atom. The van der Waals surface area contributed by atoms with E-state index in [1.807, 2.05) is 56.6 Å². The van der Waals surface area contributed by atoms with E-state index in [0.29, 0.717) is 17.8 Å². The Balaban J connectivity index is 0.00000226. The van der Waals surface area contributed by atoms with Gasteiger partial charge in [-0.1, -0.05) is 81.1 Å². The zero-order valence-electron chi connectivity index (χ0n) is 25.0. The molecular weight excluding hydrogens is 506 g/mol. The number of hydrogen-bond acceptors (Lipinski definition) is 4. The number of nitrogens with zero attached hydrogens (tertiary/aromatic N) is 2. The number of nitrogens with two attached hydrogens (primary N) is 1. The highest BCUT2D eigenvalue weighted by molar-refractivity contribution is 5.94. The minimum absolute atomic E-state index is 0.0426. The van der Waals surface area contributed by atoms with E-state index < -0.39 is 0 Å². The van der Waals surface area contributed by atoms with Crippen LogP contribution in [0.1, 0.15) is 65.0 Å². The van der Waals surface area contributed by atoms with Crippen molar-refractivity contribution in [2.24, 2.45) is 5.73 Å². The van der Waals surface area contributed by atoms with E-state index in [1.165, 1.54) is 16.7 Å². The molecule has 0 spiro atoms. The van der Waals surface area contributed by atoms with E-state index >= 15 is 0 Å². The van der Waals surface area contributed by atoms with Gasteiger partial charge in [0.1, 0.15) is 5.69 Å². The predicted octanol–water partition coefficient (Wildman–Crippen LogP) is 6.67. The lowest BCUT2D eigenvalue weighted by Gasteiger charge is -2.13. The van der Waals surface area contributed by atoms with E-state index in [4.69, 9.17) is 5.73 Å². The smallest absolute Gasteiger partial charge is 0.251 e. The first-order valence-corrected chi connectivity index (χ1v) is 14.6. The molecule has 0 atom stereocenters. The molecule has 1 amide bonds. The number of aryl methyl sites for hydroxylation is 3. The molecule has 4 N–H and O–H groups in total. The number of amides is 1. The Morgan fingerprint density at radius 1 is 0.902 bits per heavy atom. The number of rotatable bonds is 13. The molecule has 4 rings (SSSR count). The van der Waals surface area contributed by atoms with Crippen LogP contribution in [0.3, 0.4) is 0 Å². The van der Waals surface area contributed by atoms with Crippen molar-refractivity contribution in [3.05, 3.63) is 119 Å². The van der Waals surface area contributed by atoms with Crippen molar-refractivity contribution in [3.63, 3.8) is 0 Å². The Kier molecular flexibility index (Phi) is 12.4. The third kappa shape index (κ3) is 8.92. The first-order chi connectivity index (χ1) is 19.9. The van der Waals surface area contributed by atoms with Crippen molar-refractivity contribution in [1.29, 1.82) is 0 Å². The average Bonchev–Trinajstić information content (AvgIpc) is 3.41. The number of imidazole rings is 1. The summed E-state index contributed by atoms with van der Waals surface area (Å²) >= 11 is 0. The highest BCUT2D eigenvalue weighted by atomic mass is 16.1. The monoisotopic (exact) mass is 551 g/mol. The second-order valence-corrected chi connectivity index (χ2v) is 9.99. The van der Waals surface area contributed by atoms with Crippen LogP contribution in [-0.4, -0.2) is 28.5 Å². The van der Waals surface area contributed by atoms with Crippen molar-refractivity contribution >= 4 is 11.6 Å². The normalized spacial score (nSPS) is 10.5. The lowest BCUT2D eigenvalue weighted by atomic mass is 10.0. The second kappa shape index (κ2) is 16.2. The van der Waals surface area contributed by atoms with Gasteiger partial charge >= 0.3 is 0 Å². The van der Waals surface area contributed by atoms with Crippen LogP contribution in [0.2, 0.25) is 0 Å². The van der Waals surface area contributed by atoms with E-state index in [1.54, 1.807) is 0 Å². The van der Waals surface area contributed by atoms with Gasteiger partial charge in [0, 0.05) is 30.8 Å². The SMILES string of the molecule is C=C(N)c1ncn(CCCCNC(=O)c2ccc(CNCCc3ccccc3C)cc2)c1-c1ccccc1C.CC. The summed E-state index contributed by atoms with van der Waals surface area (Å²) in [6, 6.07) is 24.5. The Labute approximate surface area is 245 Å². The molecule has 0 aliphatic rings. The molecule has 0 saturated carbocycles. The zero-order valence-corrected chi connectivity index (χ0v) is 25.0. The lowest BCUT2D eigenvalue weighted by molar-refractivity contribution is 0.0953. The fourth-order valence-corrected chi connectivity index (χ4v) is 4.74. The highest BCUT2D eigenvalue weighted by Crippen LogP contribution is 2.29. The standard InChI is InChI=1S/C33H39N5O.C2H6/c1-24-10-4-6-12-28(24)18-20-35-22-27-14-16-29(17-15-27)33(39)36-19-8-9-21-38-23-37-31(26(3)34)32(38)30-13-7-5-11-25(30)2;1-2/h4-7,10-17,23,35H,3,8-9,18-22,34H2,1-2H3,(H,36,39);1-2H3. The van der Waals surface area contributed by atoms with Gasteiger partial charge in [0.25, 0.3) is 5.91 Å². The van der Waals surface area contributed by atoms with Crippen LogP contribution in [0.15, 0.2) is 85.7 Å². The summed E-state index contributed by atoms with van der Waals surface area (Å²) in [6.07, 6.45) is 4.59. The quantitative estimate of drug-likeness (QED) is 0.162. The maximum atomic E-state index is 12.6. The van der Waals surface area contributed by atoms with Crippen LogP contribution in [0.5, 0.6) is 0 Å². The van der Waals surface area contributed by atoms with Crippen LogP contribution in [0.4, 0.5) is 0 Å². The first kappa shape index (κ1) is 31.4. The van der Waals surface area contributed by atoms with Crippen molar-refractivity contribution in [3.8, 4) is 11.3 Å². The minimum atomic E-state index is -0.0426. The average molecular weight is 552 g/mol. The van der Waals surface area contributed by atoms with Gasteiger partial charge in [0.15, 0.2) is 0 Å². The van der Waals surface area contributed by atoms with Crippen LogP contribution >= 0.6 is 0 Å². The van der Waals surface area contributed by atoms with Crippen molar-refractivity contribution < 1.29 is 4.79 Å². The zero-order chi connectivity index (χ0) is 29.6. The third-order valence-electron chi connectivity index (χ3n) is 7.03. The van der Waals surface area contributed by atoms with Gasteiger partial charge in [-0.05, 0) is 74.0 Å². The van der Waals surface area contributed by atoms with Gasteiger partial charge in [-0.25, -0.2) is 4.98 Å². The number of nitrogens with one attached hydrogen (secondary N) is 2. The third-order valence-corrected chi connectivity index (χ3v) is 7.03. The molecule has 4 aromatic rings. The summed E-state index contributed by atoms with van der Waals surface area (Å²) in [5.74, 6) is -0.0426. The van der Waals surface area contributed by atoms with E-state index in [0.717, 1.165) is 61.4 Å². The van der Waals surface area contributed by atoms with E-state index in [2.05, 4.69) is 77.0 Å². The van der Waals surface area contributed by atoms with Crippen LogP contribution in [-0.2, 0) is 19.5 Å². The molecule has 41 heavy (non-hydrogen) atoms. The largest absolute Gasteiger partial charge is 0.397 e. The number of aromatic nitrogens is 2. The predicted molar refractivity (Wildman–Crippen MR) is 172 cm³/mol. The fourth-order valence-electron chi connectivity index (χ4n) is 4.74. The molecule has 0 unspecified atom stereocenters. The van der Waals surface area contributed by atoms with Gasteiger partial charge in [-0.15, -0.1) is 0 Å². The number of hydrogen-bond donors (Lipinski definition) is 3. The fraction of sp³-hybridized carbons (Fsp3) is 0.314. The van der Waals surface area contributed by atoms with Crippen LogP contribution in [0, 0.1) is 13.8 Å². The second-order valence-electron chi connectivity index (χ2n) is 9.99. The molecule has 0 bridgehead atoms. The molecule has 1 aromatic heterocycles. The summed E-state index contributed by atoms with van der Waals surface area (Å²) in [4.78, 5) is 17.1. The Bertz CT molecular complexity index is 1400. The molecule has 6 heteroatoms. The summed E-state index contributed by atoms with van der Waals surface area (Å²) in [7, 11) is 0. The molecule has 0 aliphatic heterocycles. The summed E-state index contributed by atoms with van der Waals surface area (Å²) in [5, 5.41) is 6.54. The number of unbranched alkanes of at least 4 members (excludes halogenated alkanes) is 1. The number of benzene rings is 3. The molecule has 6 nitrogen and oxygen atoms in total. The van der Waals surface area contributed by atoms with E-state index in [9.17, 15) is 4.79 Å². The molecule has 0 saturated heterocycles. The van der Waals surface area contributed by atoms with E-state index in [-0.39, 0.29) is 5.91 Å². The van der Waals surface area contributed by atoms with Gasteiger partial charge in [-0.3, -0.25) is 4.79 Å². The molecule has 216 valence electrons. The summed E-state index contributed by atoms with van der Waals surface area (Å²) in [5.41, 5.74) is 15.0. The molecule has 0 aliphatic carbocycles. The van der Waals surface area contributed by atoms with Gasteiger partial charge in [0.05, 0.1) is 17.7 Å². The van der Waals surface area contributed by atoms with Crippen molar-refractivity contribution in [2.45, 2.75) is 60.0 Å². The lowest BCUT2D eigenvalue weighted by Crippen LogP contribution is -2.24. The molecule has 3 aromatic carbocycles. The minimum Gasteiger partial charge on any atom is -0.397 e. The van der Waals surface area contributed by atoms with Gasteiger partial charge in [0.2, 0.25) is 0 Å². The number of carbonyl (C=O) groups excluding carboxylic acids is 1. The number of carbonyl (C=O) groups is 1. The summed E-state index contributed by atoms with van der Waals surface area (Å²) in [6.45, 7) is 15.2. The first-order valence-electron chi connectivity index (χ1n) is 14.6. The maximum Gasteiger partial charge on any atom is 0.251 e. The van der Waals surface area contributed by atoms with Crippen LogP contribution < -0.4 is 16.4 Å². The van der Waals surface area contributed by atoms with Gasteiger partial charge in [-0.2, -0.15) is 0 Å². The molecule has 0 fully saturated rings. The Morgan fingerprint density at radius 2 is 1.59 bits per heavy atom.